The minimum Gasteiger partial charge on any atom is -0.0859 e. The normalized spacial score (nSPS) is 12.4. The van der Waals surface area contributed by atoms with Crippen LogP contribution in [0.4, 0.5) is 0 Å². The fraction of sp³-hybridized carbons (Fsp3) is 0.667. The van der Waals surface area contributed by atoms with Gasteiger partial charge in [0.1, 0.15) is 0 Å². The number of hydrogen-bond donors (Lipinski definition) is 0. The fourth-order valence-corrected chi connectivity index (χ4v) is 19.7. The summed E-state index contributed by atoms with van der Waals surface area (Å²) in [7, 11) is -3.76. The average molecular weight is 617 g/mol. The third-order valence-electron chi connectivity index (χ3n) is 9.47. The van der Waals surface area contributed by atoms with Gasteiger partial charge in [0.05, 0.1) is 23.4 Å². The van der Waals surface area contributed by atoms with Crippen molar-refractivity contribution in [3.8, 4) is 0 Å². The molecule has 40 heavy (non-hydrogen) atoms. The Labute approximate surface area is 258 Å². The SMILES string of the molecule is CCCC[Si](CCCC)(CCCC)c1ccc(P(Cl)c2ccc([Si](CCCC)(CCCC)CCCC)cc2)cc1. The van der Waals surface area contributed by atoms with Crippen LogP contribution in [-0.2, 0) is 0 Å². The Morgan fingerprint density at radius 1 is 0.425 bits per heavy atom. The summed E-state index contributed by atoms with van der Waals surface area (Å²) in [5.74, 6) is 0. The first kappa shape index (κ1) is 35.8. The molecule has 0 saturated carbocycles. The molecule has 0 spiro atoms. The van der Waals surface area contributed by atoms with E-state index in [2.05, 4.69) is 90.1 Å². The number of halogens is 1. The quantitative estimate of drug-likeness (QED) is 0.0911. The van der Waals surface area contributed by atoms with Crippen molar-refractivity contribution in [2.45, 2.75) is 155 Å². The first-order valence-corrected chi connectivity index (χ1v) is 24.6. The summed E-state index contributed by atoms with van der Waals surface area (Å²) in [6.45, 7) is 14.2. The molecule has 0 unspecified atom stereocenters. The largest absolute Gasteiger partial charge is 0.0867 e. The summed E-state index contributed by atoms with van der Waals surface area (Å²) < 4.78 is 0. The van der Waals surface area contributed by atoms with Crippen LogP contribution in [0.1, 0.15) is 119 Å². The molecule has 0 aromatic heterocycles. The van der Waals surface area contributed by atoms with E-state index in [1.165, 1.54) is 124 Å². The zero-order valence-electron chi connectivity index (χ0n) is 27.2. The highest BCUT2D eigenvalue weighted by Gasteiger charge is 2.34. The molecule has 0 aliphatic rings. The second-order valence-electron chi connectivity index (χ2n) is 12.6. The van der Waals surface area contributed by atoms with Crippen LogP contribution >= 0.6 is 18.5 Å². The average Bonchev–Trinajstić information content (AvgIpc) is 3.00. The smallest absolute Gasteiger partial charge is 0.0859 e. The van der Waals surface area contributed by atoms with Crippen molar-refractivity contribution >= 4 is 55.6 Å². The van der Waals surface area contributed by atoms with Gasteiger partial charge in [0.25, 0.3) is 0 Å². The van der Waals surface area contributed by atoms with Crippen LogP contribution in [0.2, 0.25) is 36.3 Å². The number of hydrogen-bond acceptors (Lipinski definition) is 0. The second-order valence-corrected chi connectivity index (χ2v) is 24.4. The van der Waals surface area contributed by atoms with E-state index < -0.39 is 23.4 Å². The molecule has 2 aromatic carbocycles. The molecule has 0 heterocycles. The van der Waals surface area contributed by atoms with Crippen LogP contribution in [0.15, 0.2) is 48.5 Å². The second kappa shape index (κ2) is 19.7. The molecule has 0 bridgehead atoms. The molecule has 2 aromatic rings. The number of rotatable bonds is 22. The van der Waals surface area contributed by atoms with Gasteiger partial charge in [-0.2, -0.15) is 0 Å². The summed E-state index contributed by atoms with van der Waals surface area (Å²) in [5.41, 5.74) is 0. The van der Waals surface area contributed by atoms with Gasteiger partial charge in [-0.1, -0.05) is 225 Å². The van der Waals surface area contributed by atoms with E-state index in [4.69, 9.17) is 11.2 Å². The van der Waals surface area contributed by atoms with Gasteiger partial charge in [-0.25, -0.2) is 0 Å². The molecule has 226 valence electrons. The lowest BCUT2D eigenvalue weighted by atomic mass is 10.3. The van der Waals surface area contributed by atoms with Gasteiger partial charge in [-0.15, -0.1) is 0 Å². The molecule has 0 N–H and O–H groups in total. The Morgan fingerprint density at radius 2 is 0.650 bits per heavy atom. The van der Waals surface area contributed by atoms with Crippen molar-refractivity contribution < 1.29 is 0 Å². The van der Waals surface area contributed by atoms with Crippen LogP contribution in [-0.4, -0.2) is 16.1 Å². The molecular formula is C36H62ClPSi2. The van der Waals surface area contributed by atoms with Gasteiger partial charge in [0.2, 0.25) is 0 Å². The molecule has 0 radical (unpaired) electrons. The Kier molecular flexibility index (Phi) is 17.6. The summed E-state index contributed by atoms with van der Waals surface area (Å²) in [5, 5.41) is 6.04. The Balaban J connectivity index is 2.32. The van der Waals surface area contributed by atoms with Crippen LogP contribution in [0.25, 0.3) is 0 Å². The van der Waals surface area contributed by atoms with Crippen LogP contribution in [0.3, 0.4) is 0 Å². The predicted octanol–water partition coefficient (Wildman–Crippen LogP) is 11.4. The van der Waals surface area contributed by atoms with Crippen molar-refractivity contribution in [1.82, 2.24) is 0 Å². The van der Waals surface area contributed by atoms with E-state index in [-0.39, 0.29) is 0 Å². The van der Waals surface area contributed by atoms with Crippen molar-refractivity contribution in [3.63, 3.8) is 0 Å². The number of benzene rings is 2. The van der Waals surface area contributed by atoms with E-state index in [1.807, 2.05) is 0 Å². The zero-order chi connectivity index (χ0) is 29.3. The molecule has 0 amide bonds. The van der Waals surface area contributed by atoms with E-state index in [0.717, 1.165) is 0 Å². The van der Waals surface area contributed by atoms with Gasteiger partial charge in [-0.3, -0.25) is 0 Å². The maximum atomic E-state index is 7.25. The highest BCUT2D eigenvalue weighted by molar-refractivity contribution is 7.95. The maximum absolute atomic E-state index is 7.25. The fourth-order valence-electron chi connectivity index (χ4n) is 6.75. The summed E-state index contributed by atoms with van der Waals surface area (Å²) in [4.78, 5) is 0. The lowest BCUT2D eigenvalue weighted by Gasteiger charge is -2.33. The minimum absolute atomic E-state index is 0.830. The Bertz CT molecular complexity index is 792. The van der Waals surface area contributed by atoms with Gasteiger partial charge >= 0.3 is 0 Å². The third-order valence-corrected chi connectivity index (χ3v) is 23.1. The molecule has 0 saturated heterocycles. The van der Waals surface area contributed by atoms with E-state index in [9.17, 15) is 0 Å². The standard InChI is InChI=1S/C36H62ClPSi2/c1-7-13-27-39(28-14-8-2,29-15-9-3)35-23-19-33(20-24-35)38(37)34-21-25-36(26-22-34)40(30-16-10-4,31-17-11-5)32-18-12-6/h19-26H,7-18,27-32H2,1-6H3. The first-order valence-electron chi connectivity index (χ1n) is 17.1. The van der Waals surface area contributed by atoms with Crippen LogP contribution < -0.4 is 21.0 Å². The van der Waals surface area contributed by atoms with Gasteiger partial charge in [-0.05, 0) is 10.6 Å². The lowest BCUT2D eigenvalue weighted by molar-refractivity contribution is 0.800. The molecular weight excluding hydrogens is 555 g/mol. The minimum atomic E-state index is -1.46. The summed E-state index contributed by atoms with van der Waals surface area (Å²) in [6.07, 6.45) is 16.2. The predicted molar refractivity (Wildman–Crippen MR) is 194 cm³/mol. The first-order chi connectivity index (χ1) is 19.5. The molecule has 2 rings (SSSR count). The molecule has 0 atom stereocenters. The van der Waals surface area contributed by atoms with Gasteiger partial charge in [0, 0.05) is 0 Å². The molecule has 0 aliphatic heterocycles. The van der Waals surface area contributed by atoms with Gasteiger partial charge < -0.3 is 0 Å². The molecule has 0 nitrogen and oxygen atoms in total. The molecule has 0 aliphatic carbocycles. The number of unbranched alkanes of at least 4 members (excludes halogenated alkanes) is 6. The third kappa shape index (κ3) is 10.4. The van der Waals surface area contributed by atoms with E-state index >= 15 is 0 Å². The monoisotopic (exact) mass is 616 g/mol. The Hall–Kier alpha value is -0.406. The summed E-state index contributed by atoms with van der Waals surface area (Å²) in [6, 6.07) is 28.4. The molecule has 0 fully saturated rings. The maximum Gasteiger partial charge on any atom is 0.0867 e. The summed E-state index contributed by atoms with van der Waals surface area (Å²) >= 11 is 7.25. The Morgan fingerprint density at radius 3 is 0.850 bits per heavy atom. The molecule has 4 heteroatoms. The van der Waals surface area contributed by atoms with Crippen molar-refractivity contribution in [1.29, 1.82) is 0 Å². The van der Waals surface area contributed by atoms with Crippen LogP contribution in [0.5, 0.6) is 0 Å². The highest BCUT2D eigenvalue weighted by Crippen LogP contribution is 2.39. The van der Waals surface area contributed by atoms with E-state index in [0.29, 0.717) is 0 Å². The van der Waals surface area contributed by atoms with Crippen molar-refractivity contribution in [3.05, 3.63) is 48.5 Å². The zero-order valence-corrected chi connectivity index (χ0v) is 30.8. The highest BCUT2D eigenvalue weighted by atomic mass is 35.7. The van der Waals surface area contributed by atoms with Crippen LogP contribution in [0, 0.1) is 0 Å². The van der Waals surface area contributed by atoms with E-state index in [1.54, 1.807) is 10.4 Å². The topological polar surface area (TPSA) is 0 Å². The van der Waals surface area contributed by atoms with Crippen molar-refractivity contribution in [2.75, 3.05) is 0 Å². The van der Waals surface area contributed by atoms with Gasteiger partial charge in [0.15, 0.2) is 0 Å². The lowest BCUT2D eigenvalue weighted by Crippen LogP contribution is -2.48. The van der Waals surface area contributed by atoms with Crippen molar-refractivity contribution in [2.24, 2.45) is 0 Å².